The molecule has 0 spiro atoms. The normalized spacial score (nSPS) is 14.4. The van der Waals surface area contributed by atoms with E-state index in [1.165, 1.54) is 71.9 Å². The van der Waals surface area contributed by atoms with E-state index < -0.39 is 0 Å². The average molecular weight is 871 g/mol. The van der Waals surface area contributed by atoms with Gasteiger partial charge in [0.2, 0.25) is 0 Å². The Bertz CT molecular complexity index is 3770. The maximum atomic E-state index is 5.34. The molecule has 0 bridgehead atoms. The number of hydrogen-bond acceptors (Lipinski definition) is 2. The van der Waals surface area contributed by atoms with Crippen molar-refractivity contribution in [3.05, 3.63) is 253 Å². The molecule has 8 aromatic carbocycles. The first-order chi connectivity index (χ1) is 33.7. The predicted molar refractivity (Wildman–Crippen MR) is 283 cm³/mol. The third-order valence-electron chi connectivity index (χ3n) is 13.9. The lowest BCUT2D eigenvalue weighted by molar-refractivity contribution is 0.813. The van der Waals surface area contributed by atoms with Crippen LogP contribution in [0.3, 0.4) is 0 Å². The Labute approximate surface area is 396 Å². The first kappa shape index (κ1) is 39.7. The number of aryl methyl sites for hydroxylation is 1. The quantitative estimate of drug-likeness (QED) is 0.152. The minimum atomic E-state index is 0.0874. The van der Waals surface area contributed by atoms with Crippen LogP contribution in [0.1, 0.15) is 41.3 Å². The number of hydrogen-bond donors (Lipinski definition) is 0. The summed E-state index contributed by atoms with van der Waals surface area (Å²) in [6.07, 6.45) is 14.6. The van der Waals surface area contributed by atoms with Gasteiger partial charge in [0.25, 0.3) is 0 Å². The monoisotopic (exact) mass is 870 g/mol. The van der Waals surface area contributed by atoms with E-state index in [0.29, 0.717) is 0 Å². The molecule has 0 N–H and O–H groups in total. The molecule has 4 heteroatoms. The number of para-hydroxylation sites is 3. The molecule has 2 aliphatic carbocycles. The summed E-state index contributed by atoms with van der Waals surface area (Å²) in [5.74, 6) is 0.815. The second kappa shape index (κ2) is 16.7. The molecule has 3 heterocycles. The van der Waals surface area contributed by atoms with Crippen molar-refractivity contribution in [3.63, 3.8) is 0 Å². The molecule has 0 fully saturated rings. The molecule has 322 valence electrons. The lowest BCUT2D eigenvalue weighted by Crippen LogP contribution is -2.05. The van der Waals surface area contributed by atoms with Crippen LogP contribution >= 0.6 is 0 Å². The van der Waals surface area contributed by atoms with E-state index >= 15 is 0 Å². The van der Waals surface area contributed by atoms with E-state index in [4.69, 9.17) is 9.97 Å². The molecule has 1 atom stereocenters. The fourth-order valence-electron chi connectivity index (χ4n) is 10.6. The largest absolute Gasteiger partial charge is 0.310 e. The van der Waals surface area contributed by atoms with Crippen molar-refractivity contribution < 1.29 is 0 Å². The Morgan fingerprint density at radius 2 is 1.00 bits per heavy atom. The lowest BCUT2D eigenvalue weighted by Gasteiger charge is -2.19. The van der Waals surface area contributed by atoms with Gasteiger partial charge in [-0.1, -0.05) is 176 Å². The molecule has 0 radical (unpaired) electrons. The van der Waals surface area contributed by atoms with Gasteiger partial charge in [-0.05, 0) is 119 Å². The number of nitrogens with zero attached hydrogens (tertiary/aromatic N) is 4. The maximum Gasteiger partial charge on any atom is 0.160 e. The molecular formula is C64H46N4. The zero-order valence-electron chi connectivity index (χ0n) is 37.5. The fraction of sp³-hybridized carbons (Fsp3) is 0.0625. The topological polar surface area (TPSA) is 35.6 Å². The predicted octanol–water partition coefficient (Wildman–Crippen LogP) is 16.3. The smallest absolute Gasteiger partial charge is 0.160 e. The molecule has 68 heavy (non-hydrogen) atoms. The van der Waals surface area contributed by atoms with E-state index in [9.17, 15) is 0 Å². The highest BCUT2D eigenvalue weighted by molar-refractivity contribution is 6.09. The van der Waals surface area contributed by atoms with Crippen molar-refractivity contribution in [2.45, 2.75) is 25.2 Å². The van der Waals surface area contributed by atoms with E-state index in [1.807, 2.05) is 0 Å². The van der Waals surface area contributed by atoms with Crippen LogP contribution in [0.15, 0.2) is 231 Å². The summed E-state index contributed by atoms with van der Waals surface area (Å²) in [6.45, 7) is 0. The SMILES string of the molecule is C1=Cc2c(c3ccccc3n2-c2cccc(-c3ccc(-c4cc(C5C=CC(c6cccc(-n7c8ccccc8c8ccccc87)c6)=CC5)nc(-c5cccc(-c6ccccc6)c5)n4)cc3)c2)CC1. The number of aromatic nitrogens is 4. The standard InChI is InChI=1S/C64H46N4/c1-2-15-43(16-3-1)48-17-12-20-51(39-48)64-65-58(46-35-31-44(32-36-46)49-18-13-21-52(40-49)67-60-27-8-4-23-54(60)55-24-5-9-28-61(55)67)42-59(66-64)47-37-33-45(34-38-47)50-19-14-22-53(41-50)68-62-29-10-6-25-56(62)57-26-7-11-30-63(57)68/h1-6,8-25,27-35,37-42,46H,7,26,36H2. The lowest BCUT2D eigenvalue weighted by atomic mass is 9.90. The van der Waals surface area contributed by atoms with Crippen LogP contribution < -0.4 is 0 Å². The highest BCUT2D eigenvalue weighted by Crippen LogP contribution is 2.38. The number of benzene rings is 8. The Hall–Kier alpha value is -8.60. The zero-order valence-corrected chi connectivity index (χ0v) is 37.5. The van der Waals surface area contributed by atoms with Gasteiger partial charge in [0.15, 0.2) is 5.82 Å². The Balaban J connectivity index is 0.840. The van der Waals surface area contributed by atoms with Crippen molar-refractivity contribution in [1.82, 2.24) is 19.1 Å². The van der Waals surface area contributed by atoms with Crippen molar-refractivity contribution in [3.8, 4) is 56.3 Å². The number of rotatable bonds is 8. The molecule has 0 saturated heterocycles. The number of allylic oxidation sites excluding steroid dienone is 5. The third-order valence-corrected chi connectivity index (χ3v) is 13.9. The van der Waals surface area contributed by atoms with Crippen molar-refractivity contribution in [1.29, 1.82) is 0 Å². The van der Waals surface area contributed by atoms with Crippen LogP contribution in [0.25, 0.3) is 101 Å². The highest BCUT2D eigenvalue weighted by atomic mass is 15.0. The van der Waals surface area contributed by atoms with Crippen LogP contribution in [0.5, 0.6) is 0 Å². The van der Waals surface area contributed by atoms with Gasteiger partial charge in [-0.3, -0.25) is 0 Å². The second-order valence-electron chi connectivity index (χ2n) is 18.0. The average Bonchev–Trinajstić information content (AvgIpc) is 3.94. The highest BCUT2D eigenvalue weighted by Gasteiger charge is 2.21. The molecule has 2 aliphatic rings. The van der Waals surface area contributed by atoms with Gasteiger partial charge >= 0.3 is 0 Å². The van der Waals surface area contributed by atoms with E-state index in [-0.39, 0.29) is 5.92 Å². The third kappa shape index (κ3) is 7.01. The fourth-order valence-corrected chi connectivity index (χ4v) is 10.6. The van der Waals surface area contributed by atoms with Gasteiger partial charge in [0, 0.05) is 50.3 Å². The van der Waals surface area contributed by atoms with Gasteiger partial charge < -0.3 is 9.13 Å². The Morgan fingerprint density at radius 3 is 1.74 bits per heavy atom. The maximum absolute atomic E-state index is 5.34. The van der Waals surface area contributed by atoms with Gasteiger partial charge in [-0.15, -0.1) is 0 Å². The van der Waals surface area contributed by atoms with Crippen molar-refractivity contribution in [2.75, 3.05) is 0 Å². The molecule has 1 unspecified atom stereocenters. The van der Waals surface area contributed by atoms with Crippen LogP contribution in [-0.4, -0.2) is 19.1 Å². The zero-order chi connectivity index (χ0) is 45.0. The second-order valence-corrected chi connectivity index (χ2v) is 18.0. The van der Waals surface area contributed by atoms with Gasteiger partial charge in [0.1, 0.15) is 0 Å². The molecule has 13 rings (SSSR count). The Kier molecular flexibility index (Phi) is 9.75. The molecule has 0 saturated carbocycles. The van der Waals surface area contributed by atoms with E-state index in [1.54, 1.807) is 0 Å². The summed E-state index contributed by atoms with van der Waals surface area (Å²) < 4.78 is 4.82. The van der Waals surface area contributed by atoms with Crippen LogP contribution in [0.2, 0.25) is 0 Å². The van der Waals surface area contributed by atoms with Crippen LogP contribution in [-0.2, 0) is 6.42 Å². The Morgan fingerprint density at radius 1 is 0.426 bits per heavy atom. The van der Waals surface area contributed by atoms with E-state index in [0.717, 1.165) is 64.4 Å². The molecule has 3 aromatic heterocycles. The van der Waals surface area contributed by atoms with Gasteiger partial charge in [-0.2, -0.15) is 0 Å². The summed E-state index contributed by atoms with van der Waals surface area (Å²) >= 11 is 0. The van der Waals surface area contributed by atoms with Gasteiger partial charge in [0.05, 0.1) is 27.9 Å². The van der Waals surface area contributed by atoms with Crippen LogP contribution in [0.4, 0.5) is 0 Å². The minimum Gasteiger partial charge on any atom is -0.310 e. The minimum absolute atomic E-state index is 0.0874. The van der Waals surface area contributed by atoms with E-state index in [2.05, 4.69) is 246 Å². The first-order valence-corrected chi connectivity index (χ1v) is 23.7. The summed E-state index contributed by atoms with van der Waals surface area (Å²) in [4.78, 5) is 10.6. The summed E-state index contributed by atoms with van der Waals surface area (Å²) in [5.41, 5.74) is 19.8. The van der Waals surface area contributed by atoms with Crippen molar-refractivity contribution >= 4 is 44.4 Å². The van der Waals surface area contributed by atoms with Crippen molar-refractivity contribution in [2.24, 2.45) is 0 Å². The molecular weight excluding hydrogens is 825 g/mol. The summed E-state index contributed by atoms with van der Waals surface area (Å²) in [7, 11) is 0. The molecule has 4 nitrogen and oxygen atoms in total. The molecule has 0 aliphatic heterocycles. The molecule has 0 amide bonds. The summed E-state index contributed by atoms with van der Waals surface area (Å²) in [5, 5.41) is 3.88. The first-order valence-electron chi connectivity index (χ1n) is 23.7. The molecule has 11 aromatic rings. The number of fused-ring (bicyclic) bond motifs is 6. The van der Waals surface area contributed by atoms with Crippen LogP contribution in [0, 0.1) is 0 Å². The summed E-state index contributed by atoms with van der Waals surface area (Å²) in [6, 6.07) is 74.3. The van der Waals surface area contributed by atoms with Gasteiger partial charge in [-0.25, -0.2) is 9.97 Å².